The fourth-order valence-corrected chi connectivity index (χ4v) is 6.19. The van der Waals surface area contributed by atoms with Gasteiger partial charge in [0, 0.05) is 43.9 Å². The fraction of sp³-hybridized carbons (Fsp3) is 0.536. The predicted octanol–water partition coefficient (Wildman–Crippen LogP) is 4.34. The number of likely N-dealkylation sites (tertiary alicyclic amines) is 1. The van der Waals surface area contributed by atoms with Gasteiger partial charge in [-0.2, -0.15) is 0 Å². The van der Waals surface area contributed by atoms with Crippen LogP contribution in [-0.4, -0.2) is 41.3 Å². The first kappa shape index (κ1) is 22.1. The van der Waals surface area contributed by atoms with Crippen LogP contribution < -0.4 is 5.32 Å². The Bertz CT molecular complexity index is 948. The van der Waals surface area contributed by atoms with E-state index in [1.54, 1.807) is 6.20 Å². The molecule has 0 bridgehead atoms. The van der Waals surface area contributed by atoms with Crippen LogP contribution in [0.3, 0.4) is 0 Å². The lowest BCUT2D eigenvalue weighted by atomic mass is 9.82. The number of benzene rings is 1. The SMILES string of the molecule is O=C(NCCc1ccccn1)C1CC12CCN(C(=O)C(c1ccccc1)C1CCCC1)CC2. The van der Waals surface area contributed by atoms with Gasteiger partial charge in [-0.15, -0.1) is 0 Å². The van der Waals surface area contributed by atoms with Crippen molar-refractivity contribution in [1.29, 1.82) is 0 Å². The number of hydrogen-bond acceptors (Lipinski definition) is 3. The Morgan fingerprint density at radius 2 is 1.76 bits per heavy atom. The van der Waals surface area contributed by atoms with Crippen molar-refractivity contribution in [3.05, 3.63) is 66.0 Å². The minimum Gasteiger partial charge on any atom is -0.355 e. The maximum absolute atomic E-state index is 13.6. The van der Waals surface area contributed by atoms with E-state index < -0.39 is 0 Å². The molecule has 2 unspecified atom stereocenters. The van der Waals surface area contributed by atoms with Crippen LogP contribution in [0.5, 0.6) is 0 Å². The van der Waals surface area contributed by atoms with E-state index in [-0.39, 0.29) is 23.2 Å². The van der Waals surface area contributed by atoms with Crippen molar-refractivity contribution in [2.24, 2.45) is 17.3 Å². The van der Waals surface area contributed by atoms with Crippen LogP contribution in [0.15, 0.2) is 54.7 Å². The maximum atomic E-state index is 13.6. The second-order valence-corrected chi connectivity index (χ2v) is 10.2. The van der Waals surface area contributed by atoms with Crippen LogP contribution in [0.25, 0.3) is 0 Å². The van der Waals surface area contributed by atoms with Gasteiger partial charge in [-0.05, 0) is 61.1 Å². The van der Waals surface area contributed by atoms with E-state index in [1.807, 2.05) is 24.3 Å². The standard InChI is InChI=1S/C28H35N3O2/c32-26(30-17-13-23-12-6-7-16-29-23)24-20-28(24)14-18-31(19-15-28)27(33)25(22-10-4-5-11-22)21-8-2-1-3-9-21/h1-3,6-9,12,16,22,24-25H,4-5,10-11,13-15,17-20H2,(H,30,32). The highest BCUT2D eigenvalue weighted by Gasteiger charge is 2.58. The average molecular weight is 446 g/mol. The first-order valence-corrected chi connectivity index (χ1v) is 12.7. The summed E-state index contributed by atoms with van der Waals surface area (Å²) in [5.41, 5.74) is 2.29. The maximum Gasteiger partial charge on any atom is 0.230 e. The summed E-state index contributed by atoms with van der Waals surface area (Å²) < 4.78 is 0. The van der Waals surface area contributed by atoms with Crippen molar-refractivity contribution in [2.45, 2.75) is 57.3 Å². The van der Waals surface area contributed by atoms with Gasteiger partial charge >= 0.3 is 0 Å². The molecule has 2 atom stereocenters. The monoisotopic (exact) mass is 445 g/mol. The Labute approximate surface area is 197 Å². The third-order valence-corrected chi connectivity index (χ3v) is 8.28. The zero-order valence-electron chi connectivity index (χ0n) is 19.4. The number of amides is 2. The minimum absolute atomic E-state index is 0.00681. The number of nitrogens with zero attached hydrogens (tertiary/aromatic N) is 2. The summed E-state index contributed by atoms with van der Waals surface area (Å²) in [5.74, 6) is 1.05. The summed E-state index contributed by atoms with van der Waals surface area (Å²) in [6.45, 7) is 2.20. The molecule has 1 aromatic heterocycles. The van der Waals surface area contributed by atoms with Crippen molar-refractivity contribution in [3.63, 3.8) is 0 Å². The molecule has 1 saturated heterocycles. The second kappa shape index (κ2) is 9.66. The molecule has 1 spiro atoms. The highest BCUT2D eigenvalue weighted by molar-refractivity contribution is 5.85. The molecule has 2 aromatic rings. The Hall–Kier alpha value is -2.69. The van der Waals surface area contributed by atoms with Crippen LogP contribution in [0, 0.1) is 17.3 Å². The van der Waals surface area contributed by atoms with E-state index in [4.69, 9.17) is 0 Å². The lowest BCUT2D eigenvalue weighted by Crippen LogP contribution is -2.44. The number of piperidine rings is 1. The molecule has 1 aliphatic heterocycles. The van der Waals surface area contributed by atoms with Gasteiger partial charge in [0.1, 0.15) is 0 Å². The Morgan fingerprint density at radius 3 is 2.45 bits per heavy atom. The van der Waals surface area contributed by atoms with Crippen LogP contribution in [0.4, 0.5) is 0 Å². The van der Waals surface area contributed by atoms with Gasteiger partial charge in [0.25, 0.3) is 0 Å². The molecule has 1 N–H and O–H groups in total. The molecule has 2 saturated carbocycles. The van der Waals surface area contributed by atoms with E-state index in [2.05, 4.69) is 39.5 Å². The highest BCUT2D eigenvalue weighted by atomic mass is 16.2. The molecule has 2 amide bonds. The molecule has 1 aromatic carbocycles. The fourth-order valence-electron chi connectivity index (χ4n) is 6.19. The topological polar surface area (TPSA) is 62.3 Å². The van der Waals surface area contributed by atoms with Crippen LogP contribution in [0.2, 0.25) is 0 Å². The van der Waals surface area contributed by atoms with Crippen LogP contribution in [0.1, 0.15) is 62.1 Å². The van der Waals surface area contributed by atoms with Crippen molar-refractivity contribution < 1.29 is 9.59 Å². The van der Waals surface area contributed by atoms with E-state index in [1.165, 1.54) is 18.4 Å². The first-order valence-electron chi connectivity index (χ1n) is 12.7. The summed E-state index contributed by atoms with van der Waals surface area (Å²) in [7, 11) is 0. The van der Waals surface area contributed by atoms with E-state index in [0.29, 0.717) is 18.4 Å². The van der Waals surface area contributed by atoms with Gasteiger partial charge in [0.05, 0.1) is 5.92 Å². The first-order chi connectivity index (χ1) is 16.2. The zero-order chi connectivity index (χ0) is 22.7. The molecule has 0 radical (unpaired) electrons. The highest BCUT2D eigenvalue weighted by Crippen LogP contribution is 2.59. The molecule has 174 valence electrons. The normalized spacial score (nSPS) is 22.8. The van der Waals surface area contributed by atoms with Crippen molar-refractivity contribution in [1.82, 2.24) is 15.2 Å². The summed E-state index contributed by atoms with van der Waals surface area (Å²) >= 11 is 0. The largest absolute Gasteiger partial charge is 0.355 e. The van der Waals surface area contributed by atoms with Gasteiger partial charge in [-0.25, -0.2) is 0 Å². The Balaban J connectivity index is 1.14. The smallest absolute Gasteiger partial charge is 0.230 e. The Kier molecular flexibility index (Phi) is 6.48. The van der Waals surface area contributed by atoms with Crippen molar-refractivity contribution >= 4 is 11.8 Å². The molecule has 2 heterocycles. The Morgan fingerprint density at radius 1 is 1.03 bits per heavy atom. The van der Waals surface area contributed by atoms with E-state index >= 15 is 0 Å². The molecule has 5 rings (SSSR count). The lowest BCUT2D eigenvalue weighted by molar-refractivity contribution is -0.135. The lowest BCUT2D eigenvalue weighted by Gasteiger charge is -2.36. The molecular formula is C28H35N3O2. The van der Waals surface area contributed by atoms with E-state index in [0.717, 1.165) is 57.3 Å². The molecule has 5 heteroatoms. The van der Waals surface area contributed by atoms with Crippen molar-refractivity contribution in [2.75, 3.05) is 19.6 Å². The average Bonchev–Trinajstić information content (AvgIpc) is 3.28. The van der Waals surface area contributed by atoms with Crippen molar-refractivity contribution in [3.8, 4) is 0 Å². The van der Waals surface area contributed by atoms with Crippen LogP contribution in [-0.2, 0) is 16.0 Å². The van der Waals surface area contributed by atoms with Gasteiger partial charge in [-0.1, -0.05) is 49.2 Å². The van der Waals surface area contributed by atoms with E-state index in [9.17, 15) is 9.59 Å². The van der Waals surface area contributed by atoms with Gasteiger partial charge in [0.2, 0.25) is 11.8 Å². The third-order valence-electron chi connectivity index (χ3n) is 8.28. The number of aromatic nitrogens is 1. The summed E-state index contributed by atoms with van der Waals surface area (Å²) in [5, 5.41) is 3.12. The summed E-state index contributed by atoms with van der Waals surface area (Å²) in [4.78, 5) is 32.8. The quantitative estimate of drug-likeness (QED) is 0.690. The summed E-state index contributed by atoms with van der Waals surface area (Å²) in [6.07, 6.45) is 10.2. The molecule has 3 fully saturated rings. The number of hydrogen-bond donors (Lipinski definition) is 1. The molecule has 5 nitrogen and oxygen atoms in total. The second-order valence-electron chi connectivity index (χ2n) is 10.2. The number of nitrogens with one attached hydrogen (secondary N) is 1. The molecule has 2 aliphatic carbocycles. The summed E-state index contributed by atoms with van der Waals surface area (Å²) in [6, 6.07) is 16.3. The van der Waals surface area contributed by atoms with Crippen LogP contribution >= 0.6 is 0 Å². The van der Waals surface area contributed by atoms with Gasteiger partial charge < -0.3 is 10.2 Å². The number of pyridine rings is 1. The van der Waals surface area contributed by atoms with Gasteiger partial charge in [-0.3, -0.25) is 14.6 Å². The third kappa shape index (κ3) is 4.83. The number of rotatable bonds is 7. The zero-order valence-corrected chi connectivity index (χ0v) is 19.4. The minimum atomic E-state index is -0.00681. The van der Waals surface area contributed by atoms with Gasteiger partial charge in [0.15, 0.2) is 0 Å². The predicted molar refractivity (Wildman–Crippen MR) is 128 cm³/mol. The molecular weight excluding hydrogens is 410 g/mol. The molecule has 33 heavy (non-hydrogen) atoms. The number of carbonyl (C=O) groups excluding carboxylic acids is 2. The number of carbonyl (C=O) groups is 2. The molecule has 3 aliphatic rings.